The number of halogens is 1. The highest BCUT2D eigenvalue weighted by molar-refractivity contribution is 7.99. The van der Waals surface area contributed by atoms with Gasteiger partial charge in [-0.25, -0.2) is 9.18 Å². The minimum Gasteiger partial charge on any atom is -0.483 e. The zero-order valence-electron chi connectivity index (χ0n) is 18.8. The Kier molecular flexibility index (Phi) is 8.45. The van der Waals surface area contributed by atoms with Crippen LogP contribution < -0.4 is 10.1 Å². The first kappa shape index (κ1) is 24.7. The van der Waals surface area contributed by atoms with Crippen LogP contribution in [0.3, 0.4) is 0 Å². The summed E-state index contributed by atoms with van der Waals surface area (Å²) in [5.74, 6) is 0.104. The number of aryl methyl sites for hydroxylation is 1. The van der Waals surface area contributed by atoms with Crippen LogP contribution in [0.5, 0.6) is 5.75 Å². The molecule has 0 fully saturated rings. The van der Waals surface area contributed by atoms with E-state index in [9.17, 15) is 14.0 Å². The van der Waals surface area contributed by atoms with Crippen molar-refractivity contribution in [2.45, 2.75) is 38.5 Å². The van der Waals surface area contributed by atoms with Crippen LogP contribution >= 0.6 is 23.1 Å². The first-order valence-corrected chi connectivity index (χ1v) is 12.2. The summed E-state index contributed by atoms with van der Waals surface area (Å²) in [7, 11) is 1.78. The first-order valence-electron chi connectivity index (χ1n) is 10.4. The molecule has 0 bridgehead atoms. The van der Waals surface area contributed by atoms with Crippen molar-refractivity contribution < 1.29 is 23.5 Å². The molecular formula is C22H25FN4O4S2. The molecule has 1 unspecified atom stereocenters. The molecule has 2 aromatic heterocycles. The maximum atomic E-state index is 13.1. The van der Waals surface area contributed by atoms with Gasteiger partial charge in [0.25, 0.3) is 0 Å². The predicted molar refractivity (Wildman–Crippen MR) is 125 cm³/mol. The molecule has 0 aliphatic heterocycles. The van der Waals surface area contributed by atoms with Crippen molar-refractivity contribution in [3.8, 4) is 5.75 Å². The molecule has 0 radical (unpaired) electrons. The Morgan fingerprint density at radius 1 is 1.24 bits per heavy atom. The van der Waals surface area contributed by atoms with Gasteiger partial charge in [-0.15, -0.1) is 21.5 Å². The Bertz CT molecular complexity index is 1110. The number of amides is 1. The molecule has 1 N–H and O–H groups in total. The number of hydrogen-bond donors (Lipinski definition) is 1. The maximum Gasteiger partial charge on any atom is 0.341 e. The highest BCUT2D eigenvalue weighted by Gasteiger charge is 2.21. The fourth-order valence-corrected chi connectivity index (χ4v) is 4.66. The maximum absolute atomic E-state index is 13.1. The number of carbonyl (C=O) groups is 2. The lowest BCUT2D eigenvalue weighted by atomic mass is 10.2. The number of nitrogens with zero attached hydrogens (tertiary/aromatic N) is 3. The van der Waals surface area contributed by atoms with E-state index in [2.05, 4.69) is 15.5 Å². The number of thiophene rings is 1. The van der Waals surface area contributed by atoms with Gasteiger partial charge in [0.15, 0.2) is 17.1 Å². The summed E-state index contributed by atoms with van der Waals surface area (Å²) in [6.45, 7) is 5.79. The fraction of sp³-hybridized carbons (Fsp3) is 0.364. The topological polar surface area (TPSA) is 95.3 Å². The number of aromatic nitrogens is 3. The van der Waals surface area contributed by atoms with Gasteiger partial charge < -0.3 is 19.4 Å². The zero-order valence-corrected chi connectivity index (χ0v) is 20.4. The third-order valence-electron chi connectivity index (χ3n) is 4.57. The SMILES string of the molecule is CCOC(=O)c1cc(CC)sc1NC(=O)CSc1nnc(C(C)Oc2ccc(F)cc2)n1C. The molecule has 11 heteroatoms. The molecule has 2 heterocycles. The zero-order chi connectivity index (χ0) is 24.0. The number of carbonyl (C=O) groups excluding carboxylic acids is 2. The van der Waals surface area contributed by atoms with E-state index in [1.165, 1.54) is 35.2 Å². The van der Waals surface area contributed by atoms with E-state index < -0.39 is 12.1 Å². The number of nitrogens with one attached hydrogen (secondary N) is 1. The lowest BCUT2D eigenvalue weighted by Gasteiger charge is -2.14. The fourth-order valence-electron chi connectivity index (χ4n) is 2.94. The van der Waals surface area contributed by atoms with E-state index in [0.717, 1.165) is 11.3 Å². The van der Waals surface area contributed by atoms with Crippen molar-refractivity contribution in [3.63, 3.8) is 0 Å². The van der Waals surface area contributed by atoms with Gasteiger partial charge >= 0.3 is 5.97 Å². The van der Waals surface area contributed by atoms with Gasteiger partial charge in [0.2, 0.25) is 5.91 Å². The molecule has 0 aliphatic carbocycles. The summed E-state index contributed by atoms with van der Waals surface area (Å²) in [5.41, 5.74) is 0.366. The normalized spacial score (nSPS) is 11.8. The monoisotopic (exact) mass is 492 g/mol. The summed E-state index contributed by atoms with van der Waals surface area (Å²) >= 11 is 2.58. The van der Waals surface area contributed by atoms with E-state index in [1.54, 1.807) is 36.7 Å². The van der Waals surface area contributed by atoms with E-state index in [4.69, 9.17) is 9.47 Å². The summed E-state index contributed by atoms with van der Waals surface area (Å²) < 4.78 is 25.7. The summed E-state index contributed by atoms with van der Waals surface area (Å²) in [5, 5.41) is 12.1. The average Bonchev–Trinajstić information content (AvgIpc) is 3.37. The molecule has 176 valence electrons. The second kappa shape index (κ2) is 11.3. The van der Waals surface area contributed by atoms with Crippen LogP contribution in [0.1, 0.15) is 47.9 Å². The molecule has 1 aromatic carbocycles. The summed E-state index contributed by atoms with van der Waals surface area (Å²) in [6, 6.07) is 7.48. The molecule has 0 aliphatic rings. The highest BCUT2D eigenvalue weighted by atomic mass is 32.2. The van der Waals surface area contributed by atoms with E-state index in [1.807, 2.05) is 13.8 Å². The van der Waals surface area contributed by atoms with Crippen LogP contribution in [0.2, 0.25) is 0 Å². The van der Waals surface area contributed by atoms with E-state index in [-0.39, 0.29) is 24.1 Å². The number of benzene rings is 1. The molecule has 0 spiro atoms. The molecule has 0 saturated carbocycles. The third kappa shape index (κ3) is 6.32. The second-order valence-corrected chi connectivity index (χ2v) is 9.06. The van der Waals surface area contributed by atoms with Gasteiger partial charge in [-0.3, -0.25) is 4.79 Å². The largest absolute Gasteiger partial charge is 0.483 e. The van der Waals surface area contributed by atoms with E-state index in [0.29, 0.717) is 27.3 Å². The Morgan fingerprint density at radius 3 is 2.64 bits per heavy atom. The van der Waals surface area contributed by atoms with Crippen molar-refractivity contribution in [1.29, 1.82) is 0 Å². The van der Waals surface area contributed by atoms with Gasteiger partial charge in [0.05, 0.1) is 17.9 Å². The van der Waals surface area contributed by atoms with Gasteiger partial charge in [0, 0.05) is 11.9 Å². The molecule has 3 aromatic rings. The molecule has 8 nitrogen and oxygen atoms in total. The van der Waals surface area contributed by atoms with Crippen molar-refractivity contribution in [2.75, 3.05) is 17.7 Å². The smallest absolute Gasteiger partial charge is 0.341 e. The summed E-state index contributed by atoms with van der Waals surface area (Å²) in [6.07, 6.45) is 0.323. The average molecular weight is 493 g/mol. The van der Waals surface area contributed by atoms with Gasteiger partial charge in [-0.05, 0) is 50.6 Å². The number of rotatable bonds is 10. The van der Waals surface area contributed by atoms with Crippen molar-refractivity contribution >= 4 is 40.0 Å². The van der Waals surface area contributed by atoms with Crippen molar-refractivity contribution in [1.82, 2.24) is 14.8 Å². The Hall–Kier alpha value is -2.92. The Labute approximate surface area is 199 Å². The number of ether oxygens (including phenoxy) is 2. The first-order chi connectivity index (χ1) is 15.8. The molecular weight excluding hydrogens is 467 g/mol. The lowest BCUT2D eigenvalue weighted by molar-refractivity contribution is -0.113. The molecule has 3 rings (SSSR count). The van der Waals surface area contributed by atoms with Crippen LogP contribution in [-0.2, 0) is 23.0 Å². The van der Waals surface area contributed by atoms with Crippen molar-refractivity contribution in [3.05, 3.63) is 52.4 Å². The standard InChI is InChI=1S/C22H25FN4O4S2/c1-5-16-11-17(21(29)30-6-2)20(33-16)24-18(28)12-32-22-26-25-19(27(22)4)13(3)31-15-9-7-14(23)8-10-15/h7-11,13H,5-6,12H2,1-4H3,(H,24,28). The van der Waals surface area contributed by atoms with E-state index >= 15 is 0 Å². The number of anilines is 1. The molecule has 0 saturated heterocycles. The van der Waals surface area contributed by atoms with Crippen LogP contribution in [-0.4, -0.2) is 39.0 Å². The molecule has 1 amide bonds. The van der Waals surface area contributed by atoms with Crippen molar-refractivity contribution in [2.24, 2.45) is 7.05 Å². The van der Waals surface area contributed by atoms with Crippen LogP contribution in [0.4, 0.5) is 9.39 Å². The van der Waals surface area contributed by atoms with Gasteiger partial charge in [-0.2, -0.15) is 0 Å². The minimum atomic E-state index is -0.454. The van der Waals surface area contributed by atoms with Crippen LogP contribution in [0.15, 0.2) is 35.5 Å². The second-order valence-electron chi connectivity index (χ2n) is 6.98. The minimum absolute atomic E-state index is 0.0841. The molecule has 1 atom stereocenters. The van der Waals surface area contributed by atoms with Crippen LogP contribution in [0.25, 0.3) is 0 Å². The lowest BCUT2D eigenvalue weighted by Crippen LogP contribution is -2.16. The van der Waals surface area contributed by atoms with Gasteiger partial charge in [0.1, 0.15) is 16.6 Å². The quantitative estimate of drug-likeness (QED) is 0.326. The highest BCUT2D eigenvalue weighted by Crippen LogP contribution is 2.30. The third-order valence-corrected chi connectivity index (χ3v) is 6.79. The predicted octanol–water partition coefficient (Wildman–Crippen LogP) is 4.63. The van der Waals surface area contributed by atoms with Crippen LogP contribution in [0, 0.1) is 5.82 Å². The number of hydrogen-bond acceptors (Lipinski definition) is 8. The summed E-state index contributed by atoms with van der Waals surface area (Å²) in [4.78, 5) is 25.7. The number of esters is 1. The molecule has 33 heavy (non-hydrogen) atoms. The Morgan fingerprint density at radius 2 is 1.97 bits per heavy atom. The number of thioether (sulfide) groups is 1. The Balaban J connectivity index is 1.61. The van der Waals surface area contributed by atoms with Gasteiger partial charge in [-0.1, -0.05) is 18.7 Å².